The van der Waals surface area contributed by atoms with E-state index < -0.39 is 17.1 Å². The number of nitrogens with one attached hydrogen (secondary N) is 3. The second kappa shape index (κ2) is 15.2. The lowest BCUT2D eigenvalue weighted by molar-refractivity contribution is -0.116. The first-order chi connectivity index (χ1) is 20.8. The zero-order chi connectivity index (χ0) is 30.8. The molecule has 1 unspecified atom stereocenters. The van der Waals surface area contributed by atoms with Gasteiger partial charge in [-0.05, 0) is 54.8 Å². The highest BCUT2D eigenvalue weighted by Crippen LogP contribution is 2.40. The Morgan fingerprint density at radius 1 is 0.860 bits per heavy atom. The van der Waals surface area contributed by atoms with Gasteiger partial charge in [0.05, 0.1) is 17.6 Å². The minimum atomic E-state index is -0.707. The molecule has 0 bridgehead atoms. The number of carbonyl (C=O) groups excluding carboxylic acids is 4. The lowest BCUT2D eigenvalue weighted by atomic mass is 10.1. The summed E-state index contributed by atoms with van der Waals surface area (Å²) in [5.41, 5.74) is 2.55. The number of esters is 1. The molecule has 3 N–H and O–H groups in total. The third-order valence-electron chi connectivity index (χ3n) is 6.48. The van der Waals surface area contributed by atoms with Gasteiger partial charge in [0, 0.05) is 22.7 Å². The summed E-state index contributed by atoms with van der Waals surface area (Å²) in [4.78, 5) is 53.2. The van der Waals surface area contributed by atoms with Gasteiger partial charge in [-0.1, -0.05) is 67.9 Å². The molecule has 10 heteroatoms. The van der Waals surface area contributed by atoms with Crippen LogP contribution in [0.1, 0.15) is 62.6 Å². The normalized spacial score (nSPS) is 11.3. The number of methoxy groups -OCH3 is 1. The Morgan fingerprint density at radius 3 is 2.21 bits per heavy atom. The molecule has 4 aromatic rings. The van der Waals surface area contributed by atoms with E-state index in [1.165, 1.54) is 18.9 Å². The van der Waals surface area contributed by atoms with E-state index in [1.54, 1.807) is 31.2 Å². The molecule has 222 valence electrons. The van der Waals surface area contributed by atoms with Crippen LogP contribution in [-0.4, -0.2) is 30.8 Å². The summed E-state index contributed by atoms with van der Waals surface area (Å²) in [5, 5.41) is 8.18. The molecule has 3 aromatic carbocycles. The van der Waals surface area contributed by atoms with Crippen LogP contribution in [0.3, 0.4) is 0 Å². The number of ether oxygens (including phenoxy) is 1. The Kier molecular flexibility index (Phi) is 11.1. The first kappa shape index (κ1) is 31.5. The zero-order valence-electron chi connectivity index (χ0n) is 24.1. The number of para-hydroxylation sites is 1. The van der Waals surface area contributed by atoms with Gasteiger partial charge in [-0.15, -0.1) is 23.1 Å². The van der Waals surface area contributed by atoms with Gasteiger partial charge >= 0.3 is 5.97 Å². The van der Waals surface area contributed by atoms with Crippen LogP contribution >= 0.6 is 23.1 Å². The van der Waals surface area contributed by atoms with Gasteiger partial charge in [0.1, 0.15) is 10.3 Å². The van der Waals surface area contributed by atoms with E-state index in [0.717, 1.165) is 34.6 Å². The lowest BCUT2D eigenvalue weighted by Crippen LogP contribution is -2.20. The van der Waals surface area contributed by atoms with Gasteiger partial charge in [-0.3, -0.25) is 14.4 Å². The van der Waals surface area contributed by atoms with E-state index >= 15 is 0 Å². The molecule has 8 nitrogen and oxygen atoms in total. The number of rotatable bonds is 12. The fourth-order valence-corrected chi connectivity index (χ4v) is 6.47. The van der Waals surface area contributed by atoms with E-state index in [1.807, 2.05) is 67.6 Å². The molecule has 0 radical (unpaired) electrons. The molecule has 3 amide bonds. The van der Waals surface area contributed by atoms with Crippen LogP contribution in [0.5, 0.6) is 0 Å². The van der Waals surface area contributed by atoms with Crippen LogP contribution in [0.15, 0.2) is 89.8 Å². The third-order valence-corrected chi connectivity index (χ3v) is 8.93. The standard InChI is InChI=1S/C33H33N3O5S2/c1-4-5-19-26(37)34-24-17-12-18-25(20-24)42-29(22-13-8-6-9-14-22)31(39)36-32-27(33(40)41-3)21(2)28(43-32)30(38)35-23-15-10-7-11-16-23/h6-18,20,29H,4-5,19H2,1-3H3,(H,34,37)(H,35,38)(H,36,39). The Morgan fingerprint density at radius 2 is 1.53 bits per heavy atom. The average molecular weight is 616 g/mol. The number of anilines is 3. The van der Waals surface area contributed by atoms with E-state index in [4.69, 9.17) is 4.74 Å². The number of unbranched alkanes of at least 4 members (excludes halogenated alkanes) is 1. The molecule has 43 heavy (non-hydrogen) atoms. The minimum absolute atomic E-state index is 0.0585. The predicted octanol–water partition coefficient (Wildman–Crippen LogP) is 7.70. The number of thiophene rings is 1. The number of carbonyl (C=O) groups is 4. The van der Waals surface area contributed by atoms with Gasteiger partial charge in [-0.2, -0.15) is 0 Å². The average Bonchev–Trinajstić information content (AvgIpc) is 3.34. The Balaban J connectivity index is 1.62. The molecule has 1 heterocycles. The molecule has 4 rings (SSSR count). The molecule has 0 saturated carbocycles. The Hall–Kier alpha value is -4.41. The molecular weight excluding hydrogens is 583 g/mol. The van der Waals surface area contributed by atoms with Crippen LogP contribution in [0.25, 0.3) is 0 Å². The quantitative estimate of drug-likeness (QED) is 0.111. The highest BCUT2D eigenvalue weighted by Gasteiger charge is 2.29. The van der Waals surface area contributed by atoms with Crippen molar-refractivity contribution in [2.24, 2.45) is 0 Å². The monoisotopic (exact) mass is 615 g/mol. The van der Waals surface area contributed by atoms with Crippen LogP contribution < -0.4 is 16.0 Å². The largest absolute Gasteiger partial charge is 0.465 e. The number of hydrogen-bond acceptors (Lipinski definition) is 7. The molecule has 0 aliphatic rings. The highest BCUT2D eigenvalue weighted by atomic mass is 32.2. The second-order valence-electron chi connectivity index (χ2n) is 9.65. The molecule has 1 atom stereocenters. The van der Waals surface area contributed by atoms with Crippen molar-refractivity contribution < 1.29 is 23.9 Å². The van der Waals surface area contributed by atoms with Crippen molar-refractivity contribution in [1.82, 2.24) is 0 Å². The molecule has 0 aliphatic heterocycles. The molecular formula is C33H33N3O5S2. The van der Waals surface area contributed by atoms with Crippen molar-refractivity contribution in [2.45, 2.75) is 43.3 Å². The van der Waals surface area contributed by atoms with Crippen molar-refractivity contribution in [1.29, 1.82) is 0 Å². The van der Waals surface area contributed by atoms with Crippen molar-refractivity contribution in [3.8, 4) is 0 Å². The number of hydrogen-bond donors (Lipinski definition) is 3. The summed E-state index contributed by atoms with van der Waals surface area (Å²) in [6.07, 6.45) is 2.18. The summed E-state index contributed by atoms with van der Waals surface area (Å²) < 4.78 is 5.01. The fourth-order valence-electron chi connectivity index (χ4n) is 4.30. The van der Waals surface area contributed by atoms with E-state index in [0.29, 0.717) is 23.4 Å². The van der Waals surface area contributed by atoms with Crippen LogP contribution in [0.4, 0.5) is 16.4 Å². The maximum atomic E-state index is 13.9. The lowest BCUT2D eigenvalue weighted by Gasteiger charge is -2.17. The van der Waals surface area contributed by atoms with Crippen LogP contribution in [0.2, 0.25) is 0 Å². The van der Waals surface area contributed by atoms with Gasteiger partial charge in [0.15, 0.2) is 0 Å². The first-order valence-electron chi connectivity index (χ1n) is 13.8. The van der Waals surface area contributed by atoms with E-state index in [9.17, 15) is 19.2 Å². The first-order valence-corrected chi connectivity index (χ1v) is 15.5. The Bertz CT molecular complexity index is 1590. The van der Waals surface area contributed by atoms with Gasteiger partial charge < -0.3 is 20.7 Å². The van der Waals surface area contributed by atoms with Gasteiger partial charge in [0.25, 0.3) is 5.91 Å². The molecule has 0 aliphatic carbocycles. The molecule has 0 saturated heterocycles. The molecule has 0 spiro atoms. The van der Waals surface area contributed by atoms with Crippen molar-refractivity contribution in [3.63, 3.8) is 0 Å². The molecule has 1 aromatic heterocycles. The van der Waals surface area contributed by atoms with Crippen LogP contribution in [0, 0.1) is 6.92 Å². The van der Waals surface area contributed by atoms with Crippen molar-refractivity contribution in [3.05, 3.63) is 106 Å². The SMILES string of the molecule is CCCCC(=O)Nc1cccc(SC(C(=O)Nc2sc(C(=O)Nc3ccccc3)c(C)c2C(=O)OC)c2ccccc2)c1. The fraction of sp³-hybridized carbons (Fsp3) is 0.212. The van der Waals surface area contributed by atoms with E-state index in [2.05, 4.69) is 16.0 Å². The predicted molar refractivity (Wildman–Crippen MR) is 173 cm³/mol. The summed E-state index contributed by atoms with van der Waals surface area (Å²) in [6.45, 7) is 3.69. The summed E-state index contributed by atoms with van der Waals surface area (Å²) in [7, 11) is 1.26. The number of thioether (sulfide) groups is 1. The summed E-state index contributed by atoms with van der Waals surface area (Å²) in [6, 6.07) is 25.6. The zero-order valence-corrected chi connectivity index (χ0v) is 25.8. The van der Waals surface area contributed by atoms with Gasteiger partial charge in [0.2, 0.25) is 11.8 Å². The number of amides is 3. The summed E-state index contributed by atoms with van der Waals surface area (Å²) in [5.74, 6) is -1.49. The highest BCUT2D eigenvalue weighted by molar-refractivity contribution is 8.00. The van der Waals surface area contributed by atoms with Crippen LogP contribution in [-0.2, 0) is 14.3 Å². The number of benzene rings is 3. The smallest absolute Gasteiger partial charge is 0.341 e. The van der Waals surface area contributed by atoms with Gasteiger partial charge in [-0.25, -0.2) is 4.79 Å². The minimum Gasteiger partial charge on any atom is -0.465 e. The van der Waals surface area contributed by atoms with Crippen molar-refractivity contribution >= 4 is 63.2 Å². The second-order valence-corrected chi connectivity index (χ2v) is 11.8. The van der Waals surface area contributed by atoms with Crippen molar-refractivity contribution in [2.75, 3.05) is 23.1 Å². The Labute approximate surface area is 259 Å². The topological polar surface area (TPSA) is 114 Å². The third kappa shape index (κ3) is 8.33. The maximum absolute atomic E-state index is 13.9. The van der Waals surface area contributed by atoms with E-state index in [-0.39, 0.29) is 27.3 Å². The maximum Gasteiger partial charge on any atom is 0.341 e. The summed E-state index contributed by atoms with van der Waals surface area (Å²) >= 11 is 2.33. The molecule has 0 fully saturated rings.